The maximum absolute atomic E-state index is 12.6. The molecule has 0 aromatic carbocycles. The lowest BCUT2D eigenvalue weighted by molar-refractivity contribution is -0.267. The third-order valence-corrected chi connectivity index (χ3v) is 3.41. The largest absolute Gasteiger partial charge is 0.591 e. The third-order valence-electron chi connectivity index (χ3n) is 2.05. The van der Waals surface area contributed by atoms with Gasteiger partial charge in [-0.05, 0) is 41.5 Å². The topological polar surface area (TPSA) is 44.7 Å². The summed E-state index contributed by atoms with van der Waals surface area (Å²) in [4.78, 5) is 0. The van der Waals surface area contributed by atoms with Crippen LogP contribution in [0.25, 0.3) is 0 Å². The molecule has 7 heteroatoms. The van der Waals surface area contributed by atoms with Crippen molar-refractivity contribution < 1.29 is 22.5 Å². The van der Waals surface area contributed by atoms with E-state index in [0.717, 1.165) is 20.1 Å². The molecular weight excluding hydrogens is 267 g/mol. The van der Waals surface area contributed by atoms with E-state index in [1.54, 1.807) is 20.8 Å². The van der Waals surface area contributed by atoms with Gasteiger partial charge in [0.2, 0.25) is 0 Å². The predicted octanol–water partition coefficient (Wildman–Crippen LogP) is 3.27. The average molecular weight is 287 g/mol. The van der Waals surface area contributed by atoms with E-state index in [9.17, 15) is 17.7 Å². The number of alkyl halides is 3. The molecule has 0 amide bonds. The van der Waals surface area contributed by atoms with Crippen LogP contribution in [0, 0.1) is 0 Å². The molecule has 3 nitrogen and oxygen atoms in total. The Labute approximate surface area is 109 Å². The van der Waals surface area contributed by atoms with Crippen molar-refractivity contribution in [2.45, 2.75) is 64.2 Å². The standard InChI is InChI=1S/C11H20F3NO2S/c1-8(7-15-18(16)9(2,3)4)17-10(5,6)11(12,13)14/h7-8H,1-6H3/t8-,18?/m1/s1. The lowest BCUT2D eigenvalue weighted by Crippen LogP contribution is -2.44. The number of hydrogen-bond acceptors (Lipinski definition) is 3. The summed E-state index contributed by atoms with van der Waals surface area (Å²) in [5.41, 5.74) is -2.26. The van der Waals surface area contributed by atoms with Crippen LogP contribution in [0.5, 0.6) is 0 Å². The number of halogens is 3. The number of nitrogens with zero attached hydrogens (tertiary/aromatic N) is 1. The molecule has 0 saturated heterocycles. The van der Waals surface area contributed by atoms with E-state index in [4.69, 9.17) is 4.74 Å². The van der Waals surface area contributed by atoms with Crippen molar-refractivity contribution in [3.05, 3.63) is 0 Å². The van der Waals surface area contributed by atoms with Gasteiger partial charge in [-0.15, -0.1) is 0 Å². The van der Waals surface area contributed by atoms with Crippen LogP contribution in [0.4, 0.5) is 13.2 Å². The molecule has 0 N–H and O–H groups in total. The minimum absolute atomic E-state index is 0.546. The minimum atomic E-state index is -4.46. The molecule has 0 radical (unpaired) electrons. The van der Waals surface area contributed by atoms with E-state index in [0.29, 0.717) is 0 Å². The first kappa shape index (κ1) is 17.7. The van der Waals surface area contributed by atoms with Gasteiger partial charge in [0, 0.05) is 0 Å². The van der Waals surface area contributed by atoms with E-state index in [1.165, 1.54) is 6.92 Å². The van der Waals surface area contributed by atoms with Crippen LogP contribution in [-0.2, 0) is 16.1 Å². The first-order valence-corrected chi connectivity index (χ1v) is 6.59. The molecule has 18 heavy (non-hydrogen) atoms. The highest BCUT2D eigenvalue weighted by Crippen LogP contribution is 2.33. The molecule has 0 aromatic rings. The van der Waals surface area contributed by atoms with Crippen LogP contribution in [0.15, 0.2) is 4.40 Å². The van der Waals surface area contributed by atoms with Gasteiger partial charge in [-0.1, -0.05) is 4.40 Å². The van der Waals surface area contributed by atoms with Gasteiger partial charge in [0.25, 0.3) is 0 Å². The molecule has 0 rings (SSSR count). The van der Waals surface area contributed by atoms with Crippen LogP contribution in [0.1, 0.15) is 41.5 Å². The van der Waals surface area contributed by atoms with E-state index in [-0.39, 0.29) is 0 Å². The molecule has 0 aliphatic rings. The normalized spacial score (nSPS) is 18.1. The summed E-state index contributed by atoms with van der Waals surface area (Å²) < 4.78 is 57.3. The van der Waals surface area contributed by atoms with E-state index >= 15 is 0 Å². The summed E-state index contributed by atoms with van der Waals surface area (Å²) in [6.07, 6.45) is -4.18. The maximum Gasteiger partial charge on any atom is 0.416 e. The van der Waals surface area contributed by atoms with Gasteiger partial charge < -0.3 is 9.29 Å². The van der Waals surface area contributed by atoms with Crippen LogP contribution < -0.4 is 0 Å². The summed E-state index contributed by atoms with van der Waals surface area (Å²) in [5.74, 6) is 0. The van der Waals surface area contributed by atoms with Gasteiger partial charge in [-0.2, -0.15) is 13.2 Å². The first-order chi connectivity index (χ1) is 7.77. The van der Waals surface area contributed by atoms with Gasteiger partial charge in [0.05, 0.1) is 12.3 Å². The Morgan fingerprint density at radius 3 is 1.94 bits per heavy atom. The molecule has 0 aliphatic carbocycles. The first-order valence-electron chi connectivity index (χ1n) is 5.48. The van der Waals surface area contributed by atoms with E-state index in [2.05, 4.69) is 4.40 Å². The molecule has 108 valence electrons. The summed E-state index contributed by atoms with van der Waals surface area (Å²) in [6.45, 7) is 8.50. The van der Waals surface area contributed by atoms with Gasteiger partial charge in [-0.25, -0.2) is 0 Å². The fourth-order valence-electron chi connectivity index (χ4n) is 0.861. The lowest BCUT2D eigenvalue weighted by atomic mass is 10.1. The average Bonchev–Trinajstić information content (AvgIpc) is 2.09. The molecule has 0 fully saturated rings. The second kappa shape index (κ2) is 5.79. The highest BCUT2D eigenvalue weighted by atomic mass is 32.2. The fraction of sp³-hybridized carbons (Fsp3) is 0.909. The maximum atomic E-state index is 12.6. The summed E-state index contributed by atoms with van der Waals surface area (Å²) in [6, 6.07) is 0. The molecule has 2 atom stereocenters. The zero-order valence-corrected chi connectivity index (χ0v) is 12.3. The van der Waals surface area contributed by atoms with Crippen molar-refractivity contribution in [1.82, 2.24) is 0 Å². The molecule has 1 unspecified atom stereocenters. The Morgan fingerprint density at radius 1 is 1.17 bits per heavy atom. The van der Waals surface area contributed by atoms with Crippen LogP contribution >= 0.6 is 0 Å². The van der Waals surface area contributed by atoms with Crippen molar-refractivity contribution >= 4 is 17.6 Å². The molecule has 0 bridgehead atoms. The summed E-state index contributed by atoms with van der Waals surface area (Å²) >= 11 is -1.50. The Morgan fingerprint density at radius 2 is 1.61 bits per heavy atom. The van der Waals surface area contributed by atoms with Crippen LogP contribution in [-0.4, -0.2) is 33.4 Å². The Hall–Kier alpha value is -0.270. The van der Waals surface area contributed by atoms with E-state index in [1.807, 2.05) is 0 Å². The Balaban J connectivity index is 4.54. The van der Waals surface area contributed by atoms with Crippen molar-refractivity contribution in [2.24, 2.45) is 4.40 Å². The zero-order valence-electron chi connectivity index (χ0n) is 11.5. The van der Waals surface area contributed by atoms with Crippen molar-refractivity contribution in [3.8, 4) is 0 Å². The molecule has 0 saturated carbocycles. The number of ether oxygens (including phenoxy) is 1. The number of rotatable bonds is 4. The molecular formula is C11H20F3NO2S. The summed E-state index contributed by atoms with van der Waals surface area (Å²) in [7, 11) is 0. The van der Waals surface area contributed by atoms with Crippen molar-refractivity contribution in [2.75, 3.05) is 0 Å². The summed E-state index contributed by atoms with van der Waals surface area (Å²) in [5, 5.41) is 0. The Kier molecular flexibility index (Phi) is 5.71. The highest BCUT2D eigenvalue weighted by molar-refractivity contribution is 7.91. The van der Waals surface area contributed by atoms with Gasteiger partial charge in [0.1, 0.15) is 16.1 Å². The van der Waals surface area contributed by atoms with Gasteiger partial charge in [-0.3, -0.25) is 0 Å². The zero-order chi connectivity index (χ0) is 14.8. The second-order valence-corrected chi connectivity index (χ2v) is 7.38. The molecule has 0 aliphatic heterocycles. The van der Waals surface area contributed by atoms with Crippen LogP contribution in [0.3, 0.4) is 0 Å². The Bertz CT molecular complexity index is 298. The second-order valence-electron chi connectivity index (χ2n) is 5.45. The smallest absolute Gasteiger partial charge is 0.416 e. The predicted molar refractivity (Wildman–Crippen MR) is 67.1 cm³/mol. The van der Waals surface area contributed by atoms with Crippen LogP contribution in [0.2, 0.25) is 0 Å². The monoisotopic (exact) mass is 287 g/mol. The van der Waals surface area contributed by atoms with Gasteiger partial charge in [0.15, 0.2) is 5.60 Å². The minimum Gasteiger partial charge on any atom is -0.591 e. The molecule has 0 heterocycles. The highest BCUT2D eigenvalue weighted by Gasteiger charge is 2.49. The van der Waals surface area contributed by atoms with E-state index < -0.39 is 34.0 Å². The lowest BCUT2D eigenvalue weighted by Gasteiger charge is -2.29. The molecule has 0 aromatic heterocycles. The third kappa shape index (κ3) is 5.58. The fourth-order valence-corrected chi connectivity index (χ4v) is 1.46. The van der Waals surface area contributed by atoms with Gasteiger partial charge >= 0.3 is 6.18 Å². The van der Waals surface area contributed by atoms with Crippen molar-refractivity contribution in [3.63, 3.8) is 0 Å². The molecule has 0 spiro atoms. The quantitative estimate of drug-likeness (QED) is 0.588. The SMILES string of the molecule is C[C@H](C=N[S+]([O-])C(C)(C)C)OC(C)(C)C(F)(F)F. The number of hydrogen-bond donors (Lipinski definition) is 0. The van der Waals surface area contributed by atoms with Crippen molar-refractivity contribution in [1.29, 1.82) is 0 Å².